The van der Waals surface area contributed by atoms with E-state index in [1.807, 2.05) is 0 Å². The van der Waals surface area contributed by atoms with Crippen molar-refractivity contribution in [1.29, 1.82) is 0 Å². The average molecular weight is 318 g/mol. The highest BCUT2D eigenvalue weighted by molar-refractivity contribution is 5.97. The van der Waals surface area contributed by atoms with Crippen LogP contribution in [0.4, 0.5) is 5.69 Å². The van der Waals surface area contributed by atoms with Crippen LogP contribution in [0.1, 0.15) is 49.4 Å². The number of carbonyl (C=O) groups is 3. The van der Waals surface area contributed by atoms with Crippen molar-refractivity contribution in [2.45, 2.75) is 45.1 Å². The minimum Gasteiger partial charge on any atom is -0.480 e. The first kappa shape index (κ1) is 17.0. The molecule has 6 nitrogen and oxygen atoms in total. The summed E-state index contributed by atoms with van der Waals surface area (Å²) in [5.41, 5.74) is 0.989. The number of amides is 2. The molecule has 124 valence electrons. The van der Waals surface area contributed by atoms with Gasteiger partial charge in [-0.05, 0) is 49.9 Å². The topological polar surface area (TPSA) is 95.5 Å². The molecule has 1 fully saturated rings. The molecule has 1 aromatic carbocycles. The molecule has 0 spiro atoms. The molecule has 1 aliphatic carbocycles. The first-order valence-corrected chi connectivity index (χ1v) is 7.89. The van der Waals surface area contributed by atoms with E-state index in [-0.39, 0.29) is 5.91 Å². The molecule has 0 bridgehead atoms. The second-order valence-corrected chi connectivity index (χ2v) is 6.01. The number of hydrogen-bond donors (Lipinski definition) is 3. The second-order valence-electron chi connectivity index (χ2n) is 6.01. The van der Waals surface area contributed by atoms with E-state index in [4.69, 9.17) is 5.11 Å². The summed E-state index contributed by atoms with van der Waals surface area (Å²) in [4.78, 5) is 34.5. The van der Waals surface area contributed by atoms with Crippen molar-refractivity contribution >= 4 is 23.5 Å². The molecule has 1 aromatic rings. The Morgan fingerprint density at radius 2 is 1.78 bits per heavy atom. The van der Waals surface area contributed by atoms with E-state index in [0.717, 1.165) is 12.8 Å². The van der Waals surface area contributed by atoms with Gasteiger partial charge in [0.1, 0.15) is 6.04 Å². The van der Waals surface area contributed by atoms with Crippen LogP contribution in [0.5, 0.6) is 0 Å². The van der Waals surface area contributed by atoms with Gasteiger partial charge in [-0.2, -0.15) is 0 Å². The quantitative estimate of drug-likeness (QED) is 0.750. The molecule has 2 rings (SSSR count). The van der Waals surface area contributed by atoms with Crippen molar-refractivity contribution in [2.24, 2.45) is 5.92 Å². The number of carbonyl (C=O) groups excluding carboxylic acids is 2. The van der Waals surface area contributed by atoms with Crippen molar-refractivity contribution in [1.82, 2.24) is 5.32 Å². The number of carboxylic acid groups (broad SMARTS) is 1. The van der Waals surface area contributed by atoms with Gasteiger partial charge in [0, 0.05) is 17.7 Å². The van der Waals surface area contributed by atoms with E-state index in [1.54, 1.807) is 24.3 Å². The van der Waals surface area contributed by atoms with Gasteiger partial charge in [0.2, 0.25) is 5.91 Å². The molecule has 23 heavy (non-hydrogen) atoms. The Balaban J connectivity index is 1.87. The number of nitrogens with one attached hydrogen (secondary N) is 2. The Hall–Kier alpha value is -2.37. The van der Waals surface area contributed by atoms with E-state index in [1.165, 1.54) is 19.8 Å². The van der Waals surface area contributed by atoms with Gasteiger partial charge < -0.3 is 15.7 Å². The number of carboxylic acids is 1. The summed E-state index contributed by atoms with van der Waals surface area (Å²) >= 11 is 0. The van der Waals surface area contributed by atoms with Crippen LogP contribution in [0.15, 0.2) is 24.3 Å². The highest BCUT2D eigenvalue weighted by Crippen LogP contribution is 2.27. The Labute approximate surface area is 135 Å². The Kier molecular flexibility index (Phi) is 5.73. The molecule has 1 unspecified atom stereocenters. The zero-order valence-corrected chi connectivity index (χ0v) is 13.2. The van der Waals surface area contributed by atoms with Crippen LogP contribution in [0, 0.1) is 5.92 Å². The predicted molar refractivity (Wildman–Crippen MR) is 86.2 cm³/mol. The molecule has 1 saturated carbocycles. The predicted octanol–water partition coefficient (Wildman–Crippen LogP) is 2.41. The van der Waals surface area contributed by atoms with Crippen molar-refractivity contribution in [3.05, 3.63) is 29.8 Å². The minimum absolute atomic E-state index is 0.00593. The maximum Gasteiger partial charge on any atom is 0.325 e. The highest BCUT2D eigenvalue weighted by Gasteiger charge is 2.19. The lowest BCUT2D eigenvalue weighted by Crippen LogP contribution is -2.38. The Morgan fingerprint density at radius 3 is 2.35 bits per heavy atom. The highest BCUT2D eigenvalue weighted by atomic mass is 16.4. The largest absolute Gasteiger partial charge is 0.480 e. The van der Waals surface area contributed by atoms with Crippen LogP contribution in [0.2, 0.25) is 0 Å². The van der Waals surface area contributed by atoms with Crippen LogP contribution in [0.3, 0.4) is 0 Å². The van der Waals surface area contributed by atoms with Gasteiger partial charge >= 0.3 is 5.97 Å². The molecule has 0 aliphatic heterocycles. The Morgan fingerprint density at radius 1 is 1.17 bits per heavy atom. The minimum atomic E-state index is -1.09. The van der Waals surface area contributed by atoms with E-state index >= 15 is 0 Å². The van der Waals surface area contributed by atoms with Gasteiger partial charge in [-0.1, -0.05) is 12.8 Å². The monoisotopic (exact) mass is 318 g/mol. The third kappa shape index (κ3) is 5.09. The van der Waals surface area contributed by atoms with Crippen molar-refractivity contribution in [2.75, 3.05) is 5.32 Å². The molecule has 3 N–H and O–H groups in total. The maximum absolute atomic E-state index is 12.0. The van der Waals surface area contributed by atoms with Gasteiger partial charge in [0.15, 0.2) is 0 Å². The van der Waals surface area contributed by atoms with Crippen molar-refractivity contribution in [3.8, 4) is 0 Å². The second kappa shape index (κ2) is 7.76. The standard InChI is InChI=1S/C17H22N2O4/c1-11(17(22)23)18-16(21)13-6-8-14(9-7-13)19-15(20)10-12-4-2-3-5-12/h6-9,11-12H,2-5,10H2,1H3,(H,18,21)(H,19,20)(H,22,23). The van der Waals surface area contributed by atoms with Crippen LogP contribution in [0.25, 0.3) is 0 Å². The number of benzene rings is 1. The van der Waals surface area contributed by atoms with Crippen molar-refractivity contribution < 1.29 is 19.5 Å². The van der Waals surface area contributed by atoms with Crippen LogP contribution < -0.4 is 10.6 Å². The average Bonchev–Trinajstić information content (AvgIpc) is 3.00. The molecule has 0 aromatic heterocycles. The lowest BCUT2D eigenvalue weighted by molar-refractivity contribution is -0.138. The number of hydrogen-bond acceptors (Lipinski definition) is 3. The van der Waals surface area contributed by atoms with Gasteiger partial charge in [-0.15, -0.1) is 0 Å². The Bertz CT molecular complexity index is 577. The molecule has 1 atom stereocenters. The third-order valence-corrected chi connectivity index (χ3v) is 4.10. The summed E-state index contributed by atoms with van der Waals surface area (Å²) in [6.07, 6.45) is 5.19. The van der Waals surface area contributed by atoms with Crippen LogP contribution in [-0.4, -0.2) is 28.9 Å². The number of rotatable bonds is 6. The molecule has 2 amide bonds. The number of anilines is 1. The van der Waals surface area contributed by atoms with Crippen LogP contribution in [-0.2, 0) is 9.59 Å². The molecular formula is C17H22N2O4. The summed E-state index contributed by atoms with van der Waals surface area (Å²) in [6, 6.07) is 5.47. The molecular weight excluding hydrogens is 296 g/mol. The van der Waals surface area contributed by atoms with Gasteiger partial charge in [-0.25, -0.2) is 0 Å². The molecule has 6 heteroatoms. The summed E-state index contributed by atoms with van der Waals surface area (Å²) in [5.74, 6) is -1.07. The molecule has 0 saturated heterocycles. The van der Waals surface area contributed by atoms with Gasteiger partial charge in [0.05, 0.1) is 0 Å². The lowest BCUT2D eigenvalue weighted by atomic mass is 10.0. The van der Waals surface area contributed by atoms with E-state index in [2.05, 4.69) is 10.6 Å². The van der Waals surface area contributed by atoms with Crippen LogP contribution >= 0.6 is 0 Å². The molecule has 0 heterocycles. The summed E-state index contributed by atoms with van der Waals surface area (Å²) in [7, 11) is 0. The summed E-state index contributed by atoms with van der Waals surface area (Å²) in [5, 5.41) is 14.0. The first-order valence-electron chi connectivity index (χ1n) is 7.89. The van der Waals surface area contributed by atoms with E-state index < -0.39 is 17.9 Å². The van der Waals surface area contributed by atoms with Gasteiger partial charge in [-0.3, -0.25) is 14.4 Å². The first-order chi connectivity index (χ1) is 11.0. The van der Waals surface area contributed by atoms with Gasteiger partial charge in [0.25, 0.3) is 5.91 Å². The fourth-order valence-electron chi connectivity index (χ4n) is 2.74. The fourth-order valence-corrected chi connectivity index (χ4v) is 2.74. The van der Waals surface area contributed by atoms with Crippen molar-refractivity contribution in [3.63, 3.8) is 0 Å². The molecule has 1 aliphatic rings. The smallest absolute Gasteiger partial charge is 0.325 e. The zero-order chi connectivity index (χ0) is 16.8. The lowest BCUT2D eigenvalue weighted by Gasteiger charge is -2.11. The van der Waals surface area contributed by atoms with E-state index in [0.29, 0.717) is 23.6 Å². The number of aliphatic carboxylic acids is 1. The fraction of sp³-hybridized carbons (Fsp3) is 0.471. The summed E-state index contributed by atoms with van der Waals surface area (Å²) < 4.78 is 0. The SMILES string of the molecule is CC(NC(=O)c1ccc(NC(=O)CC2CCCC2)cc1)C(=O)O. The normalized spacial score (nSPS) is 15.9. The third-order valence-electron chi connectivity index (χ3n) is 4.10. The summed E-state index contributed by atoms with van der Waals surface area (Å²) in [6.45, 7) is 1.40. The zero-order valence-electron chi connectivity index (χ0n) is 13.2. The van der Waals surface area contributed by atoms with E-state index in [9.17, 15) is 14.4 Å². The molecule has 0 radical (unpaired) electrons. The maximum atomic E-state index is 12.0.